The maximum atomic E-state index is 13.4. The molecule has 0 bridgehead atoms. The number of rotatable bonds is 8. The molecular formula is C27H27NO7S. The topological polar surface area (TPSA) is 94.5 Å². The second-order valence-corrected chi connectivity index (χ2v) is 9.18. The molecule has 1 fully saturated rings. The zero-order valence-corrected chi connectivity index (χ0v) is 21.5. The van der Waals surface area contributed by atoms with Gasteiger partial charge in [-0.1, -0.05) is 6.07 Å². The van der Waals surface area contributed by atoms with Gasteiger partial charge in [0.25, 0.3) is 11.7 Å². The molecule has 1 N–H and O–H groups in total. The second kappa shape index (κ2) is 10.3. The summed E-state index contributed by atoms with van der Waals surface area (Å²) in [5, 5.41) is 13.3. The third-order valence-electron chi connectivity index (χ3n) is 6.14. The minimum absolute atomic E-state index is 0.0147. The average Bonchev–Trinajstić information content (AvgIpc) is 3.49. The minimum Gasteiger partial charge on any atom is -0.507 e. The maximum Gasteiger partial charge on any atom is 0.295 e. The summed E-state index contributed by atoms with van der Waals surface area (Å²) in [4.78, 5) is 29.1. The highest BCUT2D eigenvalue weighted by Gasteiger charge is 2.46. The van der Waals surface area contributed by atoms with Crippen molar-refractivity contribution in [2.75, 3.05) is 28.4 Å². The van der Waals surface area contributed by atoms with Crippen molar-refractivity contribution in [3.8, 4) is 23.0 Å². The fourth-order valence-corrected chi connectivity index (χ4v) is 5.10. The average molecular weight is 510 g/mol. The Labute approximate surface area is 213 Å². The second-order valence-electron chi connectivity index (χ2n) is 8.15. The van der Waals surface area contributed by atoms with Gasteiger partial charge in [-0.25, -0.2) is 0 Å². The van der Waals surface area contributed by atoms with Crippen molar-refractivity contribution in [3.63, 3.8) is 0 Å². The minimum atomic E-state index is -0.887. The van der Waals surface area contributed by atoms with E-state index in [1.165, 1.54) is 37.6 Å². The summed E-state index contributed by atoms with van der Waals surface area (Å²) in [7, 11) is 6.03. The van der Waals surface area contributed by atoms with E-state index in [1.54, 1.807) is 44.4 Å². The number of hydrogen-bond acceptors (Lipinski definition) is 8. The molecule has 1 aromatic heterocycles. The fourth-order valence-electron chi connectivity index (χ4n) is 4.39. The Balaban J connectivity index is 1.96. The molecule has 3 aromatic rings. The largest absolute Gasteiger partial charge is 0.507 e. The van der Waals surface area contributed by atoms with Crippen molar-refractivity contribution in [1.82, 2.24) is 4.90 Å². The summed E-state index contributed by atoms with van der Waals surface area (Å²) in [6, 6.07) is 11.4. The number of benzene rings is 2. The molecule has 1 amide bonds. The summed E-state index contributed by atoms with van der Waals surface area (Å²) >= 11 is 1.48. The first-order valence-electron chi connectivity index (χ1n) is 11.1. The third-order valence-corrected chi connectivity index (χ3v) is 7.00. The molecular weight excluding hydrogens is 482 g/mol. The number of hydrogen-bond donors (Lipinski definition) is 1. The molecule has 1 unspecified atom stereocenters. The molecule has 188 valence electrons. The summed E-state index contributed by atoms with van der Waals surface area (Å²) in [5.41, 5.74) is 1.65. The lowest BCUT2D eigenvalue weighted by molar-refractivity contribution is -0.140. The Morgan fingerprint density at radius 1 is 0.972 bits per heavy atom. The molecule has 1 saturated heterocycles. The summed E-state index contributed by atoms with van der Waals surface area (Å²) in [6.07, 6.45) is 0. The van der Waals surface area contributed by atoms with Gasteiger partial charge in [0.05, 0.1) is 46.6 Å². The summed E-state index contributed by atoms with van der Waals surface area (Å²) in [5.74, 6) is 0.00513. The van der Waals surface area contributed by atoms with Gasteiger partial charge in [0.2, 0.25) is 5.75 Å². The molecule has 9 heteroatoms. The van der Waals surface area contributed by atoms with E-state index < -0.39 is 17.7 Å². The van der Waals surface area contributed by atoms with Crippen molar-refractivity contribution >= 4 is 28.8 Å². The number of carbonyl (C=O) groups is 2. The highest BCUT2D eigenvalue weighted by atomic mass is 32.1. The number of aryl methyl sites for hydroxylation is 1. The quantitative estimate of drug-likeness (QED) is 0.267. The first kappa shape index (κ1) is 25.1. The van der Waals surface area contributed by atoms with Gasteiger partial charge < -0.3 is 29.0 Å². The first-order valence-corrected chi connectivity index (χ1v) is 12.0. The summed E-state index contributed by atoms with van der Waals surface area (Å²) in [6.45, 7) is 2.00. The van der Waals surface area contributed by atoms with E-state index in [4.69, 9.17) is 18.9 Å². The van der Waals surface area contributed by atoms with Gasteiger partial charge in [-0.15, -0.1) is 11.3 Å². The van der Waals surface area contributed by atoms with Crippen LogP contribution in [0.1, 0.15) is 27.6 Å². The molecule has 1 aliphatic heterocycles. The maximum absolute atomic E-state index is 13.4. The number of aliphatic hydroxyl groups excluding tert-OH is 1. The van der Waals surface area contributed by atoms with E-state index in [-0.39, 0.29) is 17.9 Å². The highest BCUT2D eigenvalue weighted by Crippen LogP contribution is 2.46. The van der Waals surface area contributed by atoms with Crippen LogP contribution in [0.4, 0.5) is 0 Å². The van der Waals surface area contributed by atoms with Crippen molar-refractivity contribution < 1.29 is 33.6 Å². The lowest BCUT2D eigenvalue weighted by Crippen LogP contribution is -2.29. The Bertz CT molecular complexity index is 1300. The Kier molecular flexibility index (Phi) is 7.21. The number of ether oxygens (including phenoxy) is 4. The molecule has 36 heavy (non-hydrogen) atoms. The predicted molar refractivity (Wildman–Crippen MR) is 136 cm³/mol. The molecule has 4 rings (SSSR count). The molecule has 1 aliphatic rings. The van der Waals surface area contributed by atoms with Crippen molar-refractivity contribution in [3.05, 3.63) is 75.0 Å². The molecule has 0 radical (unpaired) electrons. The Hall–Kier alpha value is -3.98. The van der Waals surface area contributed by atoms with Crippen LogP contribution in [-0.4, -0.2) is 50.1 Å². The van der Waals surface area contributed by atoms with Gasteiger partial charge in [0.15, 0.2) is 11.5 Å². The van der Waals surface area contributed by atoms with Gasteiger partial charge >= 0.3 is 0 Å². The van der Waals surface area contributed by atoms with E-state index in [9.17, 15) is 14.7 Å². The first-order chi connectivity index (χ1) is 17.3. The number of amides is 1. The van der Waals surface area contributed by atoms with E-state index in [1.807, 2.05) is 17.5 Å². The number of nitrogens with zero attached hydrogens (tertiary/aromatic N) is 1. The van der Waals surface area contributed by atoms with Gasteiger partial charge in [0, 0.05) is 10.4 Å². The van der Waals surface area contributed by atoms with E-state index in [0.717, 1.165) is 4.88 Å². The van der Waals surface area contributed by atoms with Crippen LogP contribution in [0.2, 0.25) is 0 Å². The Morgan fingerprint density at radius 2 is 1.67 bits per heavy atom. The number of carbonyl (C=O) groups excluding carboxylic acids is 2. The van der Waals surface area contributed by atoms with Crippen LogP contribution < -0.4 is 18.9 Å². The number of aliphatic hydroxyl groups is 1. The van der Waals surface area contributed by atoms with Gasteiger partial charge in [-0.2, -0.15) is 0 Å². The van der Waals surface area contributed by atoms with Crippen molar-refractivity contribution in [1.29, 1.82) is 0 Å². The van der Waals surface area contributed by atoms with Crippen molar-refractivity contribution in [2.24, 2.45) is 0 Å². The molecule has 0 aliphatic carbocycles. The van der Waals surface area contributed by atoms with E-state index in [2.05, 4.69) is 0 Å². The van der Waals surface area contributed by atoms with E-state index in [0.29, 0.717) is 39.7 Å². The van der Waals surface area contributed by atoms with Crippen LogP contribution >= 0.6 is 11.3 Å². The van der Waals surface area contributed by atoms with Crippen LogP contribution in [0.5, 0.6) is 23.0 Å². The number of likely N-dealkylation sites (tertiary alicyclic amines) is 1. The standard InChI is InChI=1S/C27H27NO7S/c1-15-11-17(32-2)8-9-19(15)24(29)22-23(16-12-20(33-3)26(35-5)21(13-16)34-4)28(27(31)25(22)30)14-18-7-6-10-36-18/h6-13,23,29H,14H2,1-5H3/b24-22+. The number of thiophene rings is 1. The number of methoxy groups -OCH3 is 4. The van der Waals surface area contributed by atoms with E-state index >= 15 is 0 Å². The monoisotopic (exact) mass is 509 g/mol. The van der Waals surface area contributed by atoms with Gasteiger partial charge in [-0.05, 0) is 59.8 Å². The van der Waals surface area contributed by atoms with Gasteiger partial charge in [0.1, 0.15) is 11.5 Å². The zero-order valence-electron chi connectivity index (χ0n) is 20.7. The van der Waals surface area contributed by atoms with Crippen LogP contribution in [0.25, 0.3) is 5.76 Å². The van der Waals surface area contributed by atoms with Crippen LogP contribution in [0, 0.1) is 6.92 Å². The smallest absolute Gasteiger partial charge is 0.295 e. The van der Waals surface area contributed by atoms with Crippen molar-refractivity contribution in [2.45, 2.75) is 19.5 Å². The SMILES string of the molecule is COc1ccc(/C(O)=C2\C(=O)C(=O)N(Cc3cccs3)C2c2cc(OC)c(OC)c(OC)c2)c(C)c1. The number of Topliss-reactive ketones (excluding diaryl/α,β-unsaturated/α-hetero) is 1. The zero-order chi connectivity index (χ0) is 26.0. The van der Waals surface area contributed by atoms with Gasteiger partial charge in [-0.3, -0.25) is 9.59 Å². The van der Waals surface area contributed by atoms with Crippen LogP contribution in [-0.2, 0) is 16.1 Å². The molecule has 0 saturated carbocycles. The lowest BCUT2D eigenvalue weighted by Gasteiger charge is -2.26. The Morgan fingerprint density at radius 3 is 2.19 bits per heavy atom. The lowest BCUT2D eigenvalue weighted by atomic mass is 9.93. The highest BCUT2D eigenvalue weighted by molar-refractivity contribution is 7.09. The number of ketones is 1. The molecule has 1 atom stereocenters. The molecule has 2 heterocycles. The normalized spacial score (nSPS) is 16.8. The molecule has 0 spiro atoms. The fraction of sp³-hybridized carbons (Fsp3) is 0.259. The third kappa shape index (κ3) is 4.37. The molecule has 2 aromatic carbocycles. The van der Waals surface area contributed by atoms with Crippen LogP contribution in [0.15, 0.2) is 53.4 Å². The van der Waals surface area contributed by atoms with Crippen LogP contribution in [0.3, 0.4) is 0 Å². The molecule has 8 nitrogen and oxygen atoms in total. The summed E-state index contributed by atoms with van der Waals surface area (Å²) < 4.78 is 21.7. The predicted octanol–water partition coefficient (Wildman–Crippen LogP) is 4.71.